The highest BCUT2D eigenvalue weighted by Gasteiger charge is 2.21. The van der Waals surface area contributed by atoms with Crippen molar-refractivity contribution in [2.24, 2.45) is 0 Å². The SMILES string of the molecule is CNC(C)(C)c1ncc(-c2sccc2C)[nH]1. The van der Waals surface area contributed by atoms with Crippen LogP contribution in [-0.4, -0.2) is 17.0 Å². The molecular weight excluding hydrogens is 218 g/mol. The van der Waals surface area contributed by atoms with Crippen LogP contribution in [0.15, 0.2) is 17.6 Å². The molecule has 0 aromatic carbocycles. The Hall–Kier alpha value is -1.13. The molecule has 0 aliphatic carbocycles. The number of hydrogen-bond donors (Lipinski definition) is 2. The Morgan fingerprint density at radius 2 is 2.19 bits per heavy atom. The minimum absolute atomic E-state index is 0.122. The van der Waals surface area contributed by atoms with Crippen molar-refractivity contribution in [3.05, 3.63) is 29.0 Å². The molecule has 0 bridgehead atoms. The predicted molar refractivity (Wildman–Crippen MR) is 68.7 cm³/mol. The summed E-state index contributed by atoms with van der Waals surface area (Å²) in [5, 5.41) is 5.35. The van der Waals surface area contributed by atoms with Gasteiger partial charge in [0, 0.05) is 0 Å². The predicted octanol–water partition coefficient (Wildman–Crippen LogP) is 2.90. The van der Waals surface area contributed by atoms with Crippen molar-refractivity contribution in [1.29, 1.82) is 0 Å². The van der Waals surface area contributed by atoms with E-state index >= 15 is 0 Å². The molecule has 0 unspecified atom stereocenters. The number of H-pyrrole nitrogens is 1. The van der Waals surface area contributed by atoms with Crippen molar-refractivity contribution in [3.8, 4) is 10.6 Å². The largest absolute Gasteiger partial charge is 0.340 e. The topological polar surface area (TPSA) is 40.7 Å². The summed E-state index contributed by atoms with van der Waals surface area (Å²) in [4.78, 5) is 9.10. The van der Waals surface area contributed by atoms with Crippen LogP contribution in [0.25, 0.3) is 10.6 Å². The summed E-state index contributed by atoms with van der Waals surface area (Å²) in [6.07, 6.45) is 1.91. The maximum absolute atomic E-state index is 4.44. The molecule has 0 saturated carbocycles. The minimum atomic E-state index is -0.122. The molecule has 2 aromatic rings. The molecule has 2 heterocycles. The fourth-order valence-corrected chi connectivity index (χ4v) is 2.41. The molecule has 2 rings (SSSR count). The average Bonchev–Trinajstić information content (AvgIpc) is 2.85. The number of aromatic amines is 1. The molecule has 16 heavy (non-hydrogen) atoms. The second-order valence-corrected chi connectivity index (χ2v) is 5.37. The van der Waals surface area contributed by atoms with Crippen LogP contribution in [0.3, 0.4) is 0 Å². The quantitative estimate of drug-likeness (QED) is 0.859. The van der Waals surface area contributed by atoms with E-state index in [2.05, 4.69) is 47.5 Å². The number of nitrogens with zero attached hydrogens (tertiary/aromatic N) is 1. The number of nitrogens with one attached hydrogen (secondary N) is 2. The third-order valence-electron chi connectivity index (χ3n) is 2.90. The summed E-state index contributed by atoms with van der Waals surface area (Å²) in [5.41, 5.74) is 2.27. The number of rotatable bonds is 3. The van der Waals surface area contributed by atoms with E-state index in [1.165, 1.54) is 10.4 Å². The van der Waals surface area contributed by atoms with E-state index < -0.39 is 0 Å². The Labute approximate surface area is 99.9 Å². The van der Waals surface area contributed by atoms with Crippen LogP contribution in [0.4, 0.5) is 0 Å². The Kier molecular flexibility index (Phi) is 2.86. The molecule has 0 spiro atoms. The molecule has 0 aliphatic heterocycles. The summed E-state index contributed by atoms with van der Waals surface area (Å²) in [6.45, 7) is 6.34. The Morgan fingerprint density at radius 1 is 1.44 bits per heavy atom. The zero-order valence-electron chi connectivity index (χ0n) is 10.1. The number of aryl methyl sites for hydroxylation is 1. The van der Waals surface area contributed by atoms with Crippen molar-refractivity contribution >= 4 is 11.3 Å². The molecule has 0 amide bonds. The third kappa shape index (κ3) is 1.90. The van der Waals surface area contributed by atoms with E-state index in [1.807, 2.05) is 13.2 Å². The first-order chi connectivity index (χ1) is 7.54. The third-order valence-corrected chi connectivity index (χ3v) is 3.95. The van der Waals surface area contributed by atoms with Crippen molar-refractivity contribution < 1.29 is 0 Å². The first kappa shape index (κ1) is 11.4. The fraction of sp³-hybridized carbons (Fsp3) is 0.417. The lowest BCUT2D eigenvalue weighted by Gasteiger charge is -2.20. The lowest BCUT2D eigenvalue weighted by molar-refractivity contribution is 0.421. The highest BCUT2D eigenvalue weighted by molar-refractivity contribution is 7.13. The zero-order valence-corrected chi connectivity index (χ0v) is 10.9. The van der Waals surface area contributed by atoms with Gasteiger partial charge in [0.2, 0.25) is 0 Å². The van der Waals surface area contributed by atoms with Gasteiger partial charge in [-0.25, -0.2) is 4.98 Å². The van der Waals surface area contributed by atoms with Crippen LogP contribution in [-0.2, 0) is 5.54 Å². The first-order valence-electron chi connectivity index (χ1n) is 5.33. The molecule has 4 heteroatoms. The highest BCUT2D eigenvalue weighted by Crippen LogP contribution is 2.28. The summed E-state index contributed by atoms with van der Waals surface area (Å²) >= 11 is 1.74. The number of hydrogen-bond acceptors (Lipinski definition) is 3. The Bertz CT molecular complexity index is 482. The second-order valence-electron chi connectivity index (χ2n) is 4.45. The molecule has 0 aliphatic rings. The lowest BCUT2D eigenvalue weighted by atomic mass is 10.1. The molecule has 86 valence electrons. The van der Waals surface area contributed by atoms with Crippen molar-refractivity contribution in [1.82, 2.24) is 15.3 Å². The van der Waals surface area contributed by atoms with Gasteiger partial charge in [-0.05, 0) is 44.8 Å². The van der Waals surface area contributed by atoms with Gasteiger partial charge < -0.3 is 10.3 Å². The number of imidazole rings is 1. The maximum Gasteiger partial charge on any atom is 0.126 e. The van der Waals surface area contributed by atoms with Gasteiger partial charge in [-0.2, -0.15) is 0 Å². The number of aromatic nitrogens is 2. The van der Waals surface area contributed by atoms with Gasteiger partial charge in [-0.1, -0.05) is 0 Å². The molecule has 0 radical (unpaired) electrons. The molecular formula is C12H17N3S. The molecule has 2 N–H and O–H groups in total. The molecule has 0 fully saturated rings. The van der Waals surface area contributed by atoms with Gasteiger partial charge in [0.05, 0.1) is 22.3 Å². The van der Waals surface area contributed by atoms with Crippen LogP contribution in [0.5, 0.6) is 0 Å². The van der Waals surface area contributed by atoms with Crippen LogP contribution in [0, 0.1) is 6.92 Å². The average molecular weight is 235 g/mol. The van der Waals surface area contributed by atoms with Gasteiger partial charge in [-0.15, -0.1) is 11.3 Å². The summed E-state index contributed by atoms with van der Waals surface area (Å²) in [6, 6.07) is 2.13. The normalized spacial score (nSPS) is 12.0. The van der Waals surface area contributed by atoms with Gasteiger partial charge in [0.25, 0.3) is 0 Å². The summed E-state index contributed by atoms with van der Waals surface area (Å²) in [7, 11) is 1.94. The maximum atomic E-state index is 4.44. The smallest absolute Gasteiger partial charge is 0.126 e. The van der Waals surface area contributed by atoms with Crippen LogP contribution < -0.4 is 5.32 Å². The van der Waals surface area contributed by atoms with E-state index in [4.69, 9.17) is 0 Å². The van der Waals surface area contributed by atoms with Gasteiger partial charge >= 0.3 is 0 Å². The molecule has 2 aromatic heterocycles. The molecule has 0 saturated heterocycles. The Balaban J connectivity index is 2.37. The van der Waals surface area contributed by atoms with Gasteiger partial charge in [-0.3, -0.25) is 0 Å². The standard InChI is InChI=1S/C12H17N3S/c1-8-5-6-16-10(8)9-7-14-11(15-9)12(2,3)13-4/h5-7,13H,1-4H3,(H,14,15). The van der Waals surface area contributed by atoms with Crippen LogP contribution in [0.1, 0.15) is 25.2 Å². The van der Waals surface area contributed by atoms with Crippen molar-refractivity contribution in [2.45, 2.75) is 26.3 Å². The van der Waals surface area contributed by atoms with Crippen LogP contribution in [0.2, 0.25) is 0 Å². The van der Waals surface area contributed by atoms with E-state index in [0.717, 1.165) is 11.5 Å². The first-order valence-corrected chi connectivity index (χ1v) is 6.21. The molecule has 0 atom stereocenters. The fourth-order valence-electron chi connectivity index (χ4n) is 1.52. The van der Waals surface area contributed by atoms with Gasteiger partial charge in [0.1, 0.15) is 5.82 Å². The van der Waals surface area contributed by atoms with Crippen molar-refractivity contribution in [3.63, 3.8) is 0 Å². The Morgan fingerprint density at radius 3 is 2.75 bits per heavy atom. The summed E-state index contributed by atoms with van der Waals surface area (Å²) in [5.74, 6) is 0.970. The number of thiophene rings is 1. The van der Waals surface area contributed by atoms with E-state index in [0.29, 0.717) is 0 Å². The van der Waals surface area contributed by atoms with E-state index in [9.17, 15) is 0 Å². The van der Waals surface area contributed by atoms with Crippen molar-refractivity contribution in [2.75, 3.05) is 7.05 Å². The minimum Gasteiger partial charge on any atom is -0.340 e. The second kappa shape index (κ2) is 4.03. The van der Waals surface area contributed by atoms with Gasteiger partial charge in [0.15, 0.2) is 0 Å². The lowest BCUT2D eigenvalue weighted by Crippen LogP contribution is -2.34. The zero-order chi connectivity index (χ0) is 11.8. The van der Waals surface area contributed by atoms with E-state index in [-0.39, 0.29) is 5.54 Å². The molecule has 3 nitrogen and oxygen atoms in total. The highest BCUT2D eigenvalue weighted by atomic mass is 32.1. The monoisotopic (exact) mass is 235 g/mol. The van der Waals surface area contributed by atoms with E-state index in [1.54, 1.807) is 11.3 Å². The van der Waals surface area contributed by atoms with Crippen LogP contribution >= 0.6 is 11.3 Å². The summed E-state index contributed by atoms with van der Waals surface area (Å²) < 4.78 is 0.